The lowest BCUT2D eigenvalue weighted by atomic mass is 10.3. The molecule has 0 saturated carbocycles. The van der Waals surface area contributed by atoms with Crippen molar-refractivity contribution in [2.24, 2.45) is 0 Å². The van der Waals surface area contributed by atoms with Crippen molar-refractivity contribution in [1.82, 2.24) is 0 Å². The van der Waals surface area contributed by atoms with Gasteiger partial charge >= 0.3 is 0 Å². The van der Waals surface area contributed by atoms with Crippen LogP contribution in [0.2, 0.25) is 0 Å². The third-order valence-electron chi connectivity index (χ3n) is 2.62. The highest BCUT2D eigenvalue weighted by Crippen LogP contribution is 2.16. The lowest BCUT2D eigenvalue weighted by Gasteiger charge is -2.09. The molecule has 2 aromatic rings. The van der Waals surface area contributed by atoms with Gasteiger partial charge in [0.1, 0.15) is 12.4 Å². The van der Waals surface area contributed by atoms with Gasteiger partial charge in [0.2, 0.25) is 0 Å². The van der Waals surface area contributed by atoms with Crippen molar-refractivity contribution in [3.63, 3.8) is 0 Å². The number of hydrogen-bond acceptors (Lipinski definition) is 3. The van der Waals surface area contributed by atoms with Crippen LogP contribution in [0, 0.1) is 5.82 Å². The number of benzene rings is 2. The van der Waals surface area contributed by atoms with Gasteiger partial charge < -0.3 is 14.8 Å². The molecule has 100 valence electrons. The van der Waals surface area contributed by atoms with E-state index in [0.29, 0.717) is 13.2 Å². The molecule has 0 bridgehead atoms. The third kappa shape index (κ3) is 3.88. The molecule has 0 aliphatic carbocycles. The summed E-state index contributed by atoms with van der Waals surface area (Å²) in [5.74, 6) is 0.749. The maximum Gasteiger partial charge on any atom is 0.165 e. The summed E-state index contributed by atoms with van der Waals surface area (Å²) >= 11 is 0. The molecule has 0 saturated heterocycles. The molecule has 0 radical (unpaired) electrons. The van der Waals surface area contributed by atoms with Gasteiger partial charge in [0.05, 0.1) is 7.11 Å². The normalized spacial score (nSPS) is 10.0. The van der Waals surface area contributed by atoms with Crippen LogP contribution in [0.25, 0.3) is 0 Å². The van der Waals surface area contributed by atoms with Crippen molar-refractivity contribution in [1.29, 1.82) is 0 Å². The lowest BCUT2D eigenvalue weighted by Crippen LogP contribution is -2.11. The number of nitrogens with one attached hydrogen (secondary N) is 1. The molecule has 0 amide bonds. The fourth-order valence-corrected chi connectivity index (χ4v) is 1.63. The highest BCUT2D eigenvalue weighted by molar-refractivity contribution is 5.46. The average Bonchev–Trinajstić information content (AvgIpc) is 2.46. The van der Waals surface area contributed by atoms with Gasteiger partial charge in [0, 0.05) is 12.2 Å². The number of ether oxygens (including phenoxy) is 2. The molecule has 4 heteroatoms. The number of hydrogen-bond donors (Lipinski definition) is 1. The second kappa shape index (κ2) is 6.64. The van der Waals surface area contributed by atoms with E-state index in [9.17, 15) is 4.39 Å². The zero-order valence-electron chi connectivity index (χ0n) is 10.7. The Morgan fingerprint density at radius 2 is 1.79 bits per heavy atom. The summed E-state index contributed by atoms with van der Waals surface area (Å²) in [6.45, 7) is 0.994. The predicted octanol–water partition coefficient (Wildman–Crippen LogP) is 3.33. The Morgan fingerprint density at radius 3 is 2.47 bits per heavy atom. The zero-order valence-corrected chi connectivity index (χ0v) is 10.7. The van der Waals surface area contributed by atoms with E-state index in [-0.39, 0.29) is 11.6 Å². The van der Waals surface area contributed by atoms with Crippen LogP contribution < -0.4 is 14.8 Å². The van der Waals surface area contributed by atoms with Crippen molar-refractivity contribution in [3.05, 3.63) is 54.3 Å². The number of methoxy groups -OCH3 is 1. The second-order valence-corrected chi connectivity index (χ2v) is 3.93. The first-order valence-electron chi connectivity index (χ1n) is 6.05. The van der Waals surface area contributed by atoms with E-state index in [2.05, 4.69) is 5.32 Å². The molecule has 0 heterocycles. The Bertz CT molecular complexity index is 514. The number of halogens is 1. The molecule has 0 spiro atoms. The van der Waals surface area contributed by atoms with Crippen LogP contribution in [0.5, 0.6) is 11.5 Å². The van der Waals surface area contributed by atoms with E-state index in [1.807, 2.05) is 24.3 Å². The summed E-state index contributed by atoms with van der Waals surface area (Å²) in [5, 5.41) is 3.18. The quantitative estimate of drug-likeness (QED) is 0.809. The molecule has 3 nitrogen and oxygen atoms in total. The molecule has 2 rings (SSSR count). The van der Waals surface area contributed by atoms with Crippen LogP contribution >= 0.6 is 0 Å². The van der Waals surface area contributed by atoms with Crippen LogP contribution in [0.1, 0.15) is 0 Å². The zero-order chi connectivity index (χ0) is 13.5. The summed E-state index contributed by atoms with van der Waals surface area (Å²) in [6, 6.07) is 14.0. The Morgan fingerprint density at radius 1 is 1.05 bits per heavy atom. The molecule has 0 aromatic heterocycles. The Labute approximate surface area is 112 Å². The minimum Gasteiger partial charge on any atom is -0.497 e. The molecule has 0 atom stereocenters. The Hall–Kier alpha value is -2.23. The highest BCUT2D eigenvalue weighted by Gasteiger charge is 2.00. The first kappa shape index (κ1) is 13.2. The van der Waals surface area contributed by atoms with E-state index in [0.717, 1.165) is 11.4 Å². The van der Waals surface area contributed by atoms with Crippen molar-refractivity contribution < 1.29 is 13.9 Å². The van der Waals surface area contributed by atoms with E-state index in [4.69, 9.17) is 9.47 Å². The fourth-order valence-electron chi connectivity index (χ4n) is 1.63. The molecule has 0 aliphatic heterocycles. The SMILES string of the molecule is COc1ccc(NCCOc2ccccc2F)cc1. The van der Waals surface area contributed by atoms with Gasteiger partial charge in [-0.25, -0.2) is 4.39 Å². The van der Waals surface area contributed by atoms with Gasteiger partial charge in [-0.2, -0.15) is 0 Å². The van der Waals surface area contributed by atoms with E-state index < -0.39 is 0 Å². The van der Waals surface area contributed by atoms with E-state index in [1.165, 1.54) is 6.07 Å². The van der Waals surface area contributed by atoms with Crippen molar-refractivity contribution in [3.8, 4) is 11.5 Å². The summed E-state index contributed by atoms with van der Waals surface area (Å²) < 4.78 is 23.7. The number of rotatable bonds is 6. The first-order chi connectivity index (χ1) is 9.29. The lowest BCUT2D eigenvalue weighted by molar-refractivity contribution is 0.315. The Kier molecular flexibility index (Phi) is 4.61. The number of anilines is 1. The van der Waals surface area contributed by atoms with Gasteiger partial charge in [-0.3, -0.25) is 0 Å². The van der Waals surface area contributed by atoms with Gasteiger partial charge in [0.25, 0.3) is 0 Å². The highest BCUT2D eigenvalue weighted by atomic mass is 19.1. The minimum atomic E-state index is -0.341. The topological polar surface area (TPSA) is 30.5 Å². The van der Waals surface area contributed by atoms with Crippen LogP contribution in [0.15, 0.2) is 48.5 Å². The van der Waals surface area contributed by atoms with Crippen molar-refractivity contribution in [2.75, 3.05) is 25.6 Å². The van der Waals surface area contributed by atoms with Gasteiger partial charge in [-0.05, 0) is 36.4 Å². The van der Waals surface area contributed by atoms with Crippen LogP contribution in [-0.4, -0.2) is 20.3 Å². The van der Waals surface area contributed by atoms with Crippen molar-refractivity contribution in [2.45, 2.75) is 0 Å². The smallest absolute Gasteiger partial charge is 0.165 e. The largest absolute Gasteiger partial charge is 0.497 e. The van der Waals surface area contributed by atoms with Gasteiger partial charge in [0.15, 0.2) is 11.6 Å². The second-order valence-electron chi connectivity index (χ2n) is 3.93. The summed E-state index contributed by atoms with van der Waals surface area (Å²) in [4.78, 5) is 0. The summed E-state index contributed by atoms with van der Waals surface area (Å²) in [6.07, 6.45) is 0. The maximum absolute atomic E-state index is 13.3. The van der Waals surface area contributed by atoms with E-state index >= 15 is 0 Å². The maximum atomic E-state index is 13.3. The molecule has 0 unspecified atom stereocenters. The van der Waals surface area contributed by atoms with Crippen molar-refractivity contribution >= 4 is 5.69 Å². The van der Waals surface area contributed by atoms with Crippen LogP contribution in [0.3, 0.4) is 0 Å². The molecular weight excluding hydrogens is 245 g/mol. The van der Waals surface area contributed by atoms with Gasteiger partial charge in [-0.1, -0.05) is 12.1 Å². The molecule has 19 heavy (non-hydrogen) atoms. The average molecular weight is 261 g/mol. The first-order valence-corrected chi connectivity index (χ1v) is 6.05. The molecular formula is C15H16FNO2. The van der Waals surface area contributed by atoms with Crippen LogP contribution in [0.4, 0.5) is 10.1 Å². The molecule has 1 N–H and O–H groups in total. The minimum absolute atomic E-state index is 0.277. The van der Waals surface area contributed by atoms with E-state index in [1.54, 1.807) is 25.3 Å². The Balaban J connectivity index is 1.76. The molecule has 0 fully saturated rings. The number of para-hydroxylation sites is 1. The predicted molar refractivity (Wildman–Crippen MR) is 73.4 cm³/mol. The molecule has 0 aliphatic rings. The van der Waals surface area contributed by atoms with Gasteiger partial charge in [-0.15, -0.1) is 0 Å². The monoisotopic (exact) mass is 261 g/mol. The third-order valence-corrected chi connectivity index (χ3v) is 2.62. The summed E-state index contributed by atoms with van der Waals surface area (Å²) in [7, 11) is 1.63. The van der Waals surface area contributed by atoms with Crippen LogP contribution in [-0.2, 0) is 0 Å². The molecule has 2 aromatic carbocycles. The fraction of sp³-hybridized carbons (Fsp3) is 0.200. The summed E-state index contributed by atoms with van der Waals surface area (Å²) in [5.41, 5.74) is 0.970. The standard InChI is InChI=1S/C15H16FNO2/c1-18-13-8-6-12(7-9-13)17-10-11-19-15-5-3-2-4-14(15)16/h2-9,17H,10-11H2,1H3.